The molecule has 0 bridgehead atoms. The number of halogens is 1. The van der Waals surface area contributed by atoms with Gasteiger partial charge in [0.25, 0.3) is 0 Å². The fourth-order valence-electron chi connectivity index (χ4n) is 4.94. The van der Waals surface area contributed by atoms with Gasteiger partial charge in [0.05, 0.1) is 0 Å². The molecule has 6 heteroatoms. The van der Waals surface area contributed by atoms with Crippen LogP contribution in [0, 0.1) is 23.7 Å². The molecule has 0 amide bonds. The van der Waals surface area contributed by atoms with E-state index in [9.17, 15) is 4.79 Å². The Bertz CT molecular complexity index is 1560. The smallest absolute Gasteiger partial charge is 0.250 e. The van der Waals surface area contributed by atoms with Crippen molar-refractivity contribution in [3.63, 3.8) is 0 Å². The summed E-state index contributed by atoms with van der Waals surface area (Å²) in [7, 11) is -3.88. The SMILES string of the molecule is CC(C)(C)[Si](C)(C)Oc1ccc(C#C[C@@H]2CC=C[C@@H](c3ccc(O[Si](C)(C)C(C)(C)C)cc3)[C@H]2C(=O)c2ccc(Br)cc2)cc1. The molecule has 1 aliphatic rings. The molecule has 4 rings (SSSR count). The summed E-state index contributed by atoms with van der Waals surface area (Å²) in [5, 5.41) is 0.245. The summed E-state index contributed by atoms with van der Waals surface area (Å²) in [6.07, 6.45) is 5.11. The highest BCUT2D eigenvalue weighted by Gasteiger charge is 2.40. The first-order valence-electron chi connectivity index (χ1n) is 15.9. The maximum Gasteiger partial charge on any atom is 0.250 e. The lowest BCUT2D eigenvalue weighted by atomic mass is 9.70. The molecular formula is C39H49BrO3Si2. The molecule has 0 saturated heterocycles. The predicted octanol–water partition coefficient (Wildman–Crippen LogP) is 11.4. The second-order valence-corrected chi connectivity index (χ2v) is 25.6. The number of Topliss-reactive ketones (excluding diaryl/α,β-unsaturated/α-hetero) is 1. The van der Waals surface area contributed by atoms with Crippen molar-refractivity contribution >= 4 is 38.3 Å². The lowest BCUT2D eigenvalue weighted by Gasteiger charge is -2.36. The number of hydrogen-bond acceptors (Lipinski definition) is 3. The first-order chi connectivity index (χ1) is 20.9. The molecule has 1 aliphatic carbocycles. The van der Waals surface area contributed by atoms with Gasteiger partial charge in [-0.2, -0.15) is 0 Å². The van der Waals surface area contributed by atoms with Gasteiger partial charge in [0.2, 0.25) is 16.6 Å². The quantitative estimate of drug-likeness (QED) is 0.106. The van der Waals surface area contributed by atoms with Crippen LogP contribution in [0.5, 0.6) is 11.5 Å². The average molecular weight is 702 g/mol. The second-order valence-electron chi connectivity index (χ2n) is 15.3. The summed E-state index contributed by atoms with van der Waals surface area (Å²) in [5.41, 5.74) is 2.73. The van der Waals surface area contributed by atoms with E-state index in [0.29, 0.717) is 5.56 Å². The zero-order valence-corrected chi connectivity index (χ0v) is 32.2. The Kier molecular flexibility index (Phi) is 10.5. The number of benzene rings is 3. The van der Waals surface area contributed by atoms with Gasteiger partial charge >= 0.3 is 0 Å². The van der Waals surface area contributed by atoms with Gasteiger partial charge < -0.3 is 8.85 Å². The van der Waals surface area contributed by atoms with Crippen LogP contribution in [0.3, 0.4) is 0 Å². The molecule has 0 spiro atoms. The molecule has 0 radical (unpaired) electrons. The van der Waals surface area contributed by atoms with Crippen LogP contribution in [0.25, 0.3) is 0 Å². The van der Waals surface area contributed by atoms with Crippen LogP contribution in [-0.2, 0) is 0 Å². The Labute approximate surface area is 282 Å². The van der Waals surface area contributed by atoms with E-state index in [2.05, 4.69) is 132 Å². The zero-order valence-electron chi connectivity index (χ0n) is 28.6. The van der Waals surface area contributed by atoms with Crippen LogP contribution in [-0.4, -0.2) is 22.4 Å². The minimum absolute atomic E-state index is 0.0866. The van der Waals surface area contributed by atoms with Crippen molar-refractivity contribution in [2.75, 3.05) is 0 Å². The van der Waals surface area contributed by atoms with Crippen molar-refractivity contribution in [2.45, 2.75) is 90.1 Å². The number of ketones is 1. The molecular weight excluding hydrogens is 653 g/mol. The monoisotopic (exact) mass is 700 g/mol. The van der Waals surface area contributed by atoms with Gasteiger partial charge in [-0.1, -0.05) is 106 Å². The van der Waals surface area contributed by atoms with Crippen LogP contribution in [0.15, 0.2) is 89.4 Å². The molecule has 3 nitrogen and oxygen atoms in total. The Morgan fingerprint density at radius 2 is 1.24 bits per heavy atom. The number of carbonyl (C=O) groups excluding carboxylic acids is 1. The van der Waals surface area contributed by atoms with Gasteiger partial charge in [0.1, 0.15) is 11.5 Å². The molecule has 0 N–H and O–H groups in total. The Hall–Kier alpha value is -2.86. The maximum atomic E-state index is 14.2. The Morgan fingerprint density at radius 1 is 0.756 bits per heavy atom. The van der Waals surface area contributed by atoms with Crippen LogP contribution in [0.2, 0.25) is 36.3 Å². The van der Waals surface area contributed by atoms with Crippen molar-refractivity contribution in [1.82, 2.24) is 0 Å². The summed E-state index contributed by atoms with van der Waals surface area (Å²) in [4.78, 5) is 14.2. The fourth-order valence-corrected chi connectivity index (χ4v) is 7.27. The summed E-state index contributed by atoms with van der Waals surface area (Å²) in [6, 6.07) is 24.1. The van der Waals surface area contributed by atoms with E-state index in [1.165, 1.54) is 0 Å². The van der Waals surface area contributed by atoms with E-state index in [4.69, 9.17) is 8.85 Å². The molecule has 0 fully saturated rings. The zero-order chi connectivity index (χ0) is 33.2. The van der Waals surface area contributed by atoms with E-state index in [0.717, 1.165) is 33.5 Å². The molecule has 3 atom stereocenters. The first kappa shape index (κ1) is 35.0. The minimum Gasteiger partial charge on any atom is -0.544 e. The highest BCUT2D eigenvalue weighted by Crippen LogP contribution is 2.42. The van der Waals surface area contributed by atoms with E-state index in [-0.39, 0.29) is 33.6 Å². The van der Waals surface area contributed by atoms with Crippen molar-refractivity contribution in [2.24, 2.45) is 11.8 Å². The highest BCUT2D eigenvalue weighted by molar-refractivity contribution is 9.10. The Morgan fingerprint density at radius 3 is 1.73 bits per heavy atom. The van der Waals surface area contributed by atoms with E-state index >= 15 is 0 Å². The normalized spacial score (nSPS) is 19.0. The molecule has 0 heterocycles. The van der Waals surface area contributed by atoms with Crippen molar-refractivity contribution in [1.29, 1.82) is 0 Å². The topological polar surface area (TPSA) is 35.5 Å². The van der Waals surface area contributed by atoms with Gasteiger partial charge in [0.15, 0.2) is 5.78 Å². The van der Waals surface area contributed by atoms with Gasteiger partial charge in [-0.25, -0.2) is 0 Å². The van der Waals surface area contributed by atoms with E-state index in [1.54, 1.807) is 0 Å². The molecule has 0 aromatic heterocycles. The van der Waals surface area contributed by atoms with Gasteiger partial charge in [0, 0.05) is 33.4 Å². The largest absolute Gasteiger partial charge is 0.544 e. The molecule has 0 aliphatic heterocycles. The van der Waals surface area contributed by atoms with Crippen molar-refractivity contribution < 1.29 is 13.6 Å². The summed E-state index contributed by atoms with van der Waals surface area (Å²) in [6.45, 7) is 22.5. The number of rotatable bonds is 7. The molecule has 45 heavy (non-hydrogen) atoms. The first-order valence-corrected chi connectivity index (χ1v) is 22.5. The number of allylic oxidation sites excluding steroid dienone is 2. The van der Waals surface area contributed by atoms with E-state index < -0.39 is 16.6 Å². The van der Waals surface area contributed by atoms with Crippen LogP contribution < -0.4 is 8.85 Å². The van der Waals surface area contributed by atoms with Crippen LogP contribution >= 0.6 is 15.9 Å². The summed E-state index contributed by atoms with van der Waals surface area (Å²) in [5.74, 6) is 8.29. The van der Waals surface area contributed by atoms with Gasteiger partial charge in [-0.3, -0.25) is 4.79 Å². The van der Waals surface area contributed by atoms with E-state index in [1.807, 2.05) is 48.5 Å². The highest BCUT2D eigenvalue weighted by atomic mass is 79.9. The fraction of sp³-hybridized carbons (Fsp3) is 0.410. The molecule has 3 aromatic rings. The van der Waals surface area contributed by atoms with Crippen LogP contribution in [0.4, 0.5) is 0 Å². The predicted molar refractivity (Wildman–Crippen MR) is 197 cm³/mol. The number of carbonyl (C=O) groups is 1. The Balaban J connectivity index is 1.63. The minimum atomic E-state index is -1.96. The standard InChI is InChI=1S/C39H49BrO3Si2/c1-38(2,3)44(7,8)42-33-24-15-28(16-25-33)14-17-30-12-11-13-35(36(30)37(41)31-18-22-32(40)23-19-31)29-20-26-34(27-21-29)43-45(9,10)39(4,5)6/h11,13,15-16,18-27,30,35-36H,12H2,1-10H3/t30-,35-,36-/m0/s1. The lowest BCUT2D eigenvalue weighted by Crippen LogP contribution is -2.43. The lowest BCUT2D eigenvalue weighted by molar-refractivity contribution is 0.0875. The average Bonchev–Trinajstić information content (AvgIpc) is 2.95. The third-order valence-electron chi connectivity index (χ3n) is 9.86. The summed E-state index contributed by atoms with van der Waals surface area (Å²) < 4.78 is 14.0. The molecule has 238 valence electrons. The maximum absolute atomic E-state index is 14.2. The van der Waals surface area contributed by atoms with Gasteiger partial charge in [-0.15, -0.1) is 0 Å². The molecule has 3 aromatic carbocycles. The third-order valence-corrected chi connectivity index (χ3v) is 19.1. The van der Waals surface area contributed by atoms with Gasteiger partial charge in [-0.05, 0) is 96.8 Å². The molecule has 0 unspecified atom stereocenters. The number of hydrogen-bond donors (Lipinski definition) is 0. The second kappa shape index (κ2) is 13.5. The summed E-state index contributed by atoms with van der Waals surface area (Å²) >= 11 is 3.51. The van der Waals surface area contributed by atoms with Crippen molar-refractivity contribution in [3.05, 3.63) is 106 Å². The third kappa shape index (κ3) is 8.50. The molecule has 0 saturated carbocycles. The van der Waals surface area contributed by atoms with Crippen LogP contribution in [0.1, 0.15) is 75.4 Å². The van der Waals surface area contributed by atoms with Crippen molar-refractivity contribution in [3.8, 4) is 23.3 Å².